The van der Waals surface area contributed by atoms with Crippen LogP contribution in [0.1, 0.15) is 0 Å². The first-order valence-corrected chi connectivity index (χ1v) is 6.55. The number of nitrogens with zero attached hydrogens (tertiary/aromatic N) is 2. The smallest absolute Gasteiger partial charge is 0.141 e. The Hall–Kier alpha value is -3.08. The van der Waals surface area contributed by atoms with Crippen LogP contribution in [0, 0.1) is 0 Å². The summed E-state index contributed by atoms with van der Waals surface area (Å²) in [6.45, 7) is 0. The topological polar surface area (TPSA) is 87.8 Å². The van der Waals surface area contributed by atoms with Crippen LogP contribution in [0.3, 0.4) is 0 Å². The Bertz CT molecular complexity index is 975. The molecule has 0 fully saturated rings. The van der Waals surface area contributed by atoms with E-state index in [1.54, 1.807) is 12.3 Å². The Labute approximate surface area is 120 Å². The van der Waals surface area contributed by atoms with Crippen LogP contribution in [0.25, 0.3) is 33.1 Å². The number of anilines is 1. The third-order valence-corrected chi connectivity index (χ3v) is 3.59. The standard InChI is InChI=1S/C16H12N4O/c17-9-3-5-13-12(8-9)15(20-19-13)11-4-6-14(21)16-10(11)2-1-7-18-16/h1-8,21H,17H2,(H,19,20). The molecule has 2 aromatic carbocycles. The predicted molar refractivity (Wildman–Crippen MR) is 82.9 cm³/mol. The van der Waals surface area contributed by atoms with Gasteiger partial charge in [0.25, 0.3) is 0 Å². The first-order valence-electron chi connectivity index (χ1n) is 6.55. The highest BCUT2D eigenvalue weighted by atomic mass is 16.3. The van der Waals surface area contributed by atoms with Crippen LogP contribution in [0.2, 0.25) is 0 Å². The van der Waals surface area contributed by atoms with Crippen molar-refractivity contribution < 1.29 is 5.11 Å². The molecule has 102 valence electrons. The molecule has 0 atom stereocenters. The van der Waals surface area contributed by atoms with Gasteiger partial charge in [0.05, 0.1) is 5.52 Å². The molecule has 0 aliphatic carbocycles. The number of hydrogen-bond acceptors (Lipinski definition) is 4. The lowest BCUT2D eigenvalue weighted by atomic mass is 10.0. The number of aromatic hydroxyl groups is 1. The van der Waals surface area contributed by atoms with Crippen LogP contribution in [0.5, 0.6) is 5.75 Å². The lowest BCUT2D eigenvalue weighted by molar-refractivity contribution is 0.480. The Kier molecular flexibility index (Phi) is 2.35. The van der Waals surface area contributed by atoms with Gasteiger partial charge in [-0.1, -0.05) is 6.07 Å². The lowest BCUT2D eigenvalue weighted by Gasteiger charge is -2.06. The van der Waals surface area contributed by atoms with Crippen molar-refractivity contribution in [2.24, 2.45) is 0 Å². The van der Waals surface area contributed by atoms with Gasteiger partial charge in [0, 0.05) is 28.2 Å². The van der Waals surface area contributed by atoms with E-state index in [9.17, 15) is 5.11 Å². The van der Waals surface area contributed by atoms with Gasteiger partial charge in [0.2, 0.25) is 0 Å². The first-order chi connectivity index (χ1) is 10.2. The minimum Gasteiger partial charge on any atom is -0.506 e. The molecule has 2 aromatic heterocycles. The highest BCUT2D eigenvalue weighted by Crippen LogP contribution is 2.35. The second-order valence-corrected chi connectivity index (χ2v) is 4.91. The van der Waals surface area contributed by atoms with E-state index in [0.717, 1.165) is 27.5 Å². The summed E-state index contributed by atoms with van der Waals surface area (Å²) in [4.78, 5) is 4.24. The van der Waals surface area contributed by atoms with Crippen LogP contribution in [0.15, 0.2) is 48.7 Å². The number of nitrogens with two attached hydrogens (primary N) is 1. The molecule has 0 saturated heterocycles. The van der Waals surface area contributed by atoms with Gasteiger partial charge in [-0.25, -0.2) is 0 Å². The van der Waals surface area contributed by atoms with Crippen molar-refractivity contribution in [3.63, 3.8) is 0 Å². The maximum absolute atomic E-state index is 9.94. The van der Waals surface area contributed by atoms with E-state index >= 15 is 0 Å². The van der Waals surface area contributed by atoms with E-state index in [4.69, 9.17) is 5.73 Å². The summed E-state index contributed by atoms with van der Waals surface area (Å²) < 4.78 is 0. The predicted octanol–water partition coefficient (Wildman–Crippen LogP) is 3.07. The van der Waals surface area contributed by atoms with Gasteiger partial charge in [0.15, 0.2) is 0 Å². The molecule has 21 heavy (non-hydrogen) atoms. The summed E-state index contributed by atoms with van der Waals surface area (Å²) >= 11 is 0. The number of H-pyrrole nitrogens is 1. The number of hydrogen-bond donors (Lipinski definition) is 3. The number of pyridine rings is 1. The minimum absolute atomic E-state index is 0.161. The van der Waals surface area contributed by atoms with Crippen molar-refractivity contribution in [3.8, 4) is 17.0 Å². The van der Waals surface area contributed by atoms with Crippen LogP contribution < -0.4 is 5.73 Å². The van der Waals surface area contributed by atoms with Crippen molar-refractivity contribution in [2.45, 2.75) is 0 Å². The molecule has 0 spiro atoms. The summed E-state index contributed by atoms with van der Waals surface area (Å²) in [5, 5.41) is 19.1. The van der Waals surface area contributed by atoms with E-state index in [2.05, 4.69) is 15.2 Å². The van der Waals surface area contributed by atoms with Crippen molar-refractivity contribution in [2.75, 3.05) is 5.73 Å². The molecule has 4 aromatic rings. The number of benzene rings is 2. The molecule has 4 rings (SSSR count). The molecule has 5 nitrogen and oxygen atoms in total. The molecule has 5 heteroatoms. The van der Waals surface area contributed by atoms with Crippen LogP contribution in [-0.2, 0) is 0 Å². The molecule has 0 unspecified atom stereocenters. The van der Waals surface area contributed by atoms with Crippen LogP contribution in [-0.4, -0.2) is 20.3 Å². The van der Waals surface area contributed by atoms with Gasteiger partial charge < -0.3 is 10.8 Å². The molecule has 0 bridgehead atoms. The number of phenolic OH excluding ortho intramolecular Hbond substituents is 1. The molecular formula is C16H12N4O. The number of nitrogen functional groups attached to an aromatic ring is 1. The Morgan fingerprint density at radius 1 is 1.05 bits per heavy atom. The number of nitrogens with one attached hydrogen (secondary N) is 1. The fraction of sp³-hybridized carbons (Fsp3) is 0. The van der Waals surface area contributed by atoms with Gasteiger partial charge in [-0.3, -0.25) is 10.1 Å². The van der Waals surface area contributed by atoms with E-state index in [1.807, 2.05) is 36.4 Å². The van der Waals surface area contributed by atoms with Crippen molar-refractivity contribution in [1.29, 1.82) is 0 Å². The number of fused-ring (bicyclic) bond motifs is 2. The highest BCUT2D eigenvalue weighted by Gasteiger charge is 2.13. The van der Waals surface area contributed by atoms with Crippen molar-refractivity contribution in [3.05, 3.63) is 48.7 Å². The Morgan fingerprint density at radius 3 is 2.86 bits per heavy atom. The van der Waals surface area contributed by atoms with E-state index in [-0.39, 0.29) is 5.75 Å². The fourth-order valence-electron chi connectivity index (χ4n) is 2.60. The van der Waals surface area contributed by atoms with Crippen molar-refractivity contribution >= 4 is 27.5 Å². The zero-order chi connectivity index (χ0) is 14.4. The summed E-state index contributed by atoms with van der Waals surface area (Å²) in [5.41, 5.74) is 9.76. The average molecular weight is 276 g/mol. The molecule has 0 amide bonds. The number of aromatic nitrogens is 3. The minimum atomic E-state index is 0.161. The quantitative estimate of drug-likeness (QED) is 0.466. The van der Waals surface area contributed by atoms with Crippen molar-refractivity contribution in [1.82, 2.24) is 15.2 Å². The lowest BCUT2D eigenvalue weighted by Crippen LogP contribution is -1.86. The normalized spacial score (nSPS) is 11.2. The van der Waals surface area contributed by atoms with Crippen LogP contribution in [0.4, 0.5) is 5.69 Å². The fourth-order valence-corrected chi connectivity index (χ4v) is 2.60. The maximum atomic E-state index is 9.94. The van der Waals surface area contributed by atoms with Gasteiger partial charge >= 0.3 is 0 Å². The summed E-state index contributed by atoms with van der Waals surface area (Å²) in [5.74, 6) is 0.161. The van der Waals surface area contributed by atoms with Gasteiger partial charge in [-0.2, -0.15) is 5.10 Å². The Morgan fingerprint density at radius 2 is 1.95 bits per heavy atom. The molecule has 0 saturated carbocycles. The summed E-state index contributed by atoms with van der Waals surface area (Å²) in [7, 11) is 0. The number of rotatable bonds is 1. The van der Waals surface area contributed by atoms with E-state index in [0.29, 0.717) is 11.2 Å². The van der Waals surface area contributed by atoms with E-state index in [1.165, 1.54) is 0 Å². The SMILES string of the molecule is Nc1ccc2[nH]nc(-c3ccc(O)c4ncccc34)c2c1. The zero-order valence-electron chi connectivity index (χ0n) is 11.0. The third-order valence-electron chi connectivity index (χ3n) is 3.59. The summed E-state index contributed by atoms with van der Waals surface area (Å²) in [6.07, 6.45) is 1.66. The van der Waals surface area contributed by atoms with Gasteiger partial charge in [0.1, 0.15) is 17.0 Å². The van der Waals surface area contributed by atoms with Gasteiger partial charge in [-0.05, 0) is 36.4 Å². The number of aromatic amines is 1. The first kappa shape index (κ1) is 11.7. The Balaban J connectivity index is 2.09. The molecule has 0 radical (unpaired) electrons. The summed E-state index contributed by atoms with van der Waals surface area (Å²) in [6, 6.07) is 12.9. The molecule has 4 N–H and O–H groups in total. The molecule has 0 aliphatic rings. The second-order valence-electron chi connectivity index (χ2n) is 4.91. The molecular weight excluding hydrogens is 264 g/mol. The van der Waals surface area contributed by atoms with Gasteiger partial charge in [-0.15, -0.1) is 0 Å². The maximum Gasteiger partial charge on any atom is 0.141 e. The largest absolute Gasteiger partial charge is 0.506 e. The zero-order valence-corrected chi connectivity index (χ0v) is 11.0. The average Bonchev–Trinajstić information content (AvgIpc) is 2.91. The second kappa shape index (κ2) is 4.21. The number of phenols is 1. The highest BCUT2D eigenvalue weighted by molar-refractivity contribution is 6.04. The van der Waals surface area contributed by atoms with Crippen LogP contribution >= 0.6 is 0 Å². The third kappa shape index (κ3) is 1.71. The monoisotopic (exact) mass is 276 g/mol. The van der Waals surface area contributed by atoms with E-state index < -0.39 is 0 Å². The molecule has 2 heterocycles. The molecule has 0 aliphatic heterocycles.